The number of aryl methyl sites for hydroxylation is 2. The topological polar surface area (TPSA) is 234 Å². The summed E-state index contributed by atoms with van der Waals surface area (Å²) in [6.07, 6.45) is 3.12. The number of aliphatic hydroxyl groups excluding tert-OH is 1. The zero-order valence-corrected chi connectivity index (χ0v) is 43.1. The average molecular weight is 1040 g/mol. The number of aliphatic hydroxyl groups is 1. The number of H-pyrrole nitrogens is 1. The van der Waals surface area contributed by atoms with Crippen molar-refractivity contribution in [2.24, 2.45) is 12.5 Å². The summed E-state index contributed by atoms with van der Waals surface area (Å²) < 4.78 is 63.2. The zero-order chi connectivity index (χ0) is 52.8. The van der Waals surface area contributed by atoms with Crippen molar-refractivity contribution in [1.82, 2.24) is 35.4 Å². The van der Waals surface area contributed by atoms with Crippen LogP contribution in [0.25, 0.3) is 32.5 Å². The maximum Gasteiger partial charge on any atom is 0.274 e. The van der Waals surface area contributed by atoms with Crippen LogP contribution in [0, 0.1) is 24.0 Å². The molecule has 0 aliphatic carbocycles. The van der Waals surface area contributed by atoms with Gasteiger partial charge in [0.2, 0.25) is 27.7 Å². The number of hydrogen-bond acceptors (Lipinski definition) is 11. The van der Waals surface area contributed by atoms with Gasteiger partial charge in [0, 0.05) is 74.0 Å². The molecular formula is C52H60F2N8O9S2. The third-order valence-corrected chi connectivity index (χ3v) is 14.9. The van der Waals surface area contributed by atoms with Crippen molar-refractivity contribution in [2.75, 3.05) is 23.6 Å². The van der Waals surface area contributed by atoms with E-state index < -0.39 is 68.5 Å². The predicted octanol–water partition coefficient (Wildman–Crippen LogP) is 7.29. The predicted molar refractivity (Wildman–Crippen MR) is 276 cm³/mol. The molecule has 1 aliphatic rings. The molecule has 388 valence electrons. The van der Waals surface area contributed by atoms with Gasteiger partial charge in [-0.2, -0.15) is 0 Å². The van der Waals surface area contributed by atoms with E-state index in [1.807, 2.05) is 52.0 Å². The van der Waals surface area contributed by atoms with E-state index in [9.17, 15) is 46.3 Å². The Kier molecular flexibility index (Phi) is 16.8. The van der Waals surface area contributed by atoms with E-state index >= 15 is 0 Å². The van der Waals surface area contributed by atoms with E-state index in [4.69, 9.17) is 4.74 Å². The lowest BCUT2D eigenvalue weighted by molar-refractivity contribution is -0.144. The number of aromatic amines is 1. The fourth-order valence-corrected chi connectivity index (χ4v) is 10.0. The summed E-state index contributed by atoms with van der Waals surface area (Å²) in [7, 11) is -2.23. The molecule has 3 aromatic carbocycles. The molecule has 1 fully saturated rings. The van der Waals surface area contributed by atoms with Crippen LogP contribution in [0.4, 0.5) is 14.5 Å². The summed E-state index contributed by atoms with van der Waals surface area (Å²) >= 11 is 1.55. The van der Waals surface area contributed by atoms with Crippen molar-refractivity contribution in [3.05, 3.63) is 117 Å². The Labute approximate surface area is 425 Å². The Hall–Kier alpha value is -6.97. The van der Waals surface area contributed by atoms with Gasteiger partial charge in [-0.3, -0.25) is 28.7 Å². The lowest BCUT2D eigenvalue weighted by Gasteiger charge is -2.35. The molecule has 0 bridgehead atoms. The minimum atomic E-state index is -3.73. The van der Waals surface area contributed by atoms with Crippen molar-refractivity contribution in [3.63, 3.8) is 0 Å². The van der Waals surface area contributed by atoms with E-state index in [1.165, 1.54) is 53.9 Å². The SMILES string of the molecule is CCS(=O)(=O)Nc1ccc(Oc2ccc(F)cc2F)c(-c2cn(C)c(=O)c3[nH]c(C(=O)NCCCCCCC(=O)N[C@H](C(=O)N4C[C@H](O)C[C@H]4C(=O)NCc4ccc(-c5scnc5C)cc4)C(C)(C)C)cc23)c1. The number of carbonyl (C=O) groups is 4. The second kappa shape index (κ2) is 22.8. The monoisotopic (exact) mass is 1040 g/mol. The third-order valence-electron chi connectivity index (χ3n) is 12.6. The summed E-state index contributed by atoms with van der Waals surface area (Å²) in [6.45, 7) is 9.34. The fourth-order valence-electron chi connectivity index (χ4n) is 8.57. The molecular weight excluding hydrogens is 983 g/mol. The van der Waals surface area contributed by atoms with Crippen molar-refractivity contribution < 1.29 is 46.2 Å². The second-order valence-electron chi connectivity index (χ2n) is 19.2. The number of sulfonamides is 1. The molecule has 3 atom stereocenters. The number of unbranched alkanes of at least 4 members (excludes halogenated alkanes) is 3. The number of hydrogen-bond donors (Lipinski definition) is 6. The van der Waals surface area contributed by atoms with Gasteiger partial charge < -0.3 is 40.2 Å². The number of nitrogens with one attached hydrogen (secondary N) is 5. The summed E-state index contributed by atoms with van der Waals surface area (Å²) in [4.78, 5) is 77.4. The number of nitrogens with zero attached hydrogens (tertiary/aromatic N) is 3. The summed E-state index contributed by atoms with van der Waals surface area (Å²) in [5.74, 6) is -3.95. The summed E-state index contributed by atoms with van der Waals surface area (Å²) in [5, 5.41) is 19.6. The Morgan fingerprint density at radius 3 is 2.37 bits per heavy atom. The number of halogens is 2. The summed E-state index contributed by atoms with van der Waals surface area (Å²) in [5.41, 5.74) is 4.30. The van der Waals surface area contributed by atoms with Gasteiger partial charge in [-0.15, -0.1) is 11.3 Å². The first-order chi connectivity index (χ1) is 34.6. The van der Waals surface area contributed by atoms with Gasteiger partial charge in [0.05, 0.1) is 27.9 Å². The number of carbonyl (C=O) groups excluding carboxylic acids is 4. The van der Waals surface area contributed by atoms with Crippen LogP contribution >= 0.6 is 11.3 Å². The van der Waals surface area contributed by atoms with Crippen LogP contribution in [0.1, 0.15) is 88.0 Å². The lowest BCUT2D eigenvalue weighted by atomic mass is 9.85. The molecule has 6 aromatic rings. The number of ether oxygens (including phenoxy) is 1. The molecule has 4 heterocycles. The van der Waals surface area contributed by atoms with Crippen LogP contribution in [0.2, 0.25) is 0 Å². The minimum Gasteiger partial charge on any atom is -0.454 e. The standard InChI is InChI=1S/C52H60F2N8O9S2/c1-7-73(69,70)60-34-18-20-42(71-43-19-17-33(53)22-39(43)54)36(23-34)38-28-61(6)50(67)45-37(38)25-40(58-45)48(65)55-21-11-9-8-10-12-44(64)59-47(52(3,4)5)51(68)62-27-35(63)24-41(62)49(66)56-26-31-13-15-32(16-14-31)46-30(2)57-29-72-46/h13-20,22-23,25,28-29,35,41,47,58,60,63H,7-12,21,24,26-27H2,1-6H3,(H,55,65)(H,56,66)(H,59,64)/t35-,41+,47-/m1/s1. The number of fused-ring (bicyclic) bond motifs is 1. The number of pyridine rings is 1. The minimum absolute atomic E-state index is 0.0421. The van der Waals surface area contributed by atoms with Gasteiger partial charge in [0.15, 0.2) is 11.6 Å². The first-order valence-electron chi connectivity index (χ1n) is 24.0. The highest BCUT2D eigenvalue weighted by molar-refractivity contribution is 7.92. The van der Waals surface area contributed by atoms with E-state index in [0.717, 1.165) is 33.8 Å². The Bertz CT molecular complexity index is 3190. The first kappa shape index (κ1) is 53.8. The molecule has 17 nitrogen and oxygen atoms in total. The molecule has 0 spiro atoms. The van der Waals surface area contributed by atoms with E-state index in [1.54, 1.807) is 16.8 Å². The maximum atomic E-state index is 14.8. The Balaban J connectivity index is 0.921. The highest BCUT2D eigenvalue weighted by Gasteiger charge is 2.44. The normalized spacial score (nSPS) is 15.3. The van der Waals surface area contributed by atoms with Crippen molar-refractivity contribution in [1.29, 1.82) is 0 Å². The van der Waals surface area contributed by atoms with E-state index in [2.05, 4.69) is 30.6 Å². The van der Waals surface area contributed by atoms with Crippen LogP contribution < -0.4 is 31.0 Å². The average Bonchev–Trinajstić information content (AvgIpc) is 4.10. The second-order valence-corrected chi connectivity index (χ2v) is 22.1. The van der Waals surface area contributed by atoms with Gasteiger partial charge in [-0.25, -0.2) is 22.2 Å². The van der Waals surface area contributed by atoms with Crippen LogP contribution in [0.5, 0.6) is 11.5 Å². The quantitative estimate of drug-likeness (QED) is 0.0418. The van der Waals surface area contributed by atoms with Crippen LogP contribution in [-0.4, -0.2) is 93.6 Å². The molecule has 1 aliphatic heterocycles. The number of aromatic nitrogens is 3. The molecule has 3 aromatic heterocycles. The van der Waals surface area contributed by atoms with Crippen molar-refractivity contribution >= 4 is 61.6 Å². The number of anilines is 1. The van der Waals surface area contributed by atoms with Gasteiger partial charge >= 0.3 is 0 Å². The molecule has 73 heavy (non-hydrogen) atoms. The molecule has 0 saturated carbocycles. The number of amides is 4. The highest BCUT2D eigenvalue weighted by atomic mass is 32.2. The Morgan fingerprint density at radius 1 is 0.959 bits per heavy atom. The molecule has 21 heteroatoms. The number of rotatable bonds is 20. The third kappa shape index (κ3) is 13.2. The molecule has 7 rings (SSSR count). The first-order valence-corrected chi connectivity index (χ1v) is 26.5. The van der Waals surface area contributed by atoms with Gasteiger partial charge in [0.1, 0.15) is 34.9 Å². The number of β-amino-alcohol motifs (C(OH)–C–C–N with tert-alkyl or cyclic N) is 1. The summed E-state index contributed by atoms with van der Waals surface area (Å²) in [6, 6.07) is 14.5. The number of benzene rings is 3. The van der Waals surface area contributed by atoms with Crippen LogP contribution in [0.3, 0.4) is 0 Å². The molecule has 1 saturated heterocycles. The van der Waals surface area contributed by atoms with Gasteiger partial charge in [-0.1, -0.05) is 57.9 Å². The van der Waals surface area contributed by atoms with Crippen LogP contribution in [-0.2, 0) is 38.0 Å². The molecule has 4 amide bonds. The van der Waals surface area contributed by atoms with E-state index in [0.29, 0.717) is 42.7 Å². The largest absolute Gasteiger partial charge is 0.454 e. The lowest BCUT2D eigenvalue weighted by Crippen LogP contribution is -2.57. The molecule has 0 radical (unpaired) electrons. The van der Waals surface area contributed by atoms with Crippen LogP contribution in [0.15, 0.2) is 83.2 Å². The number of thiazole rings is 1. The maximum absolute atomic E-state index is 14.8. The zero-order valence-electron chi connectivity index (χ0n) is 41.4. The molecule has 6 N–H and O–H groups in total. The van der Waals surface area contributed by atoms with Crippen molar-refractivity contribution in [2.45, 2.75) is 97.9 Å². The highest BCUT2D eigenvalue weighted by Crippen LogP contribution is 2.40. The van der Waals surface area contributed by atoms with Gasteiger partial charge in [0.25, 0.3) is 11.5 Å². The Morgan fingerprint density at radius 2 is 1.68 bits per heavy atom. The van der Waals surface area contributed by atoms with Gasteiger partial charge in [-0.05, 0) is 79.6 Å². The van der Waals surface area contributed by atoms with Crippen molar-refractivity contribution in [3.8, 4) is 33.1 Å². The fraction of sp³-hybridized carbons (Fsp3) is 0.385. The number of likely N-dealkylation sites (tertiary alicyclic amines) is 1. The van der Waals surface area contributed by atoms with E-state index in [-0.39, 0.29) is 78.1 Å². The molecule has 0 unspecified atom stereocenters. The smallest absolute Gasteiger partial charge is 0.274 e.